The molecule has 23 heavy (non-hydrogen) atoms. The molecular formula is C21H28O2. The number of hydrogen-bond acceptors (Lipinski definition) is 2. The summed E-state index contributed by atoms with van der Waals surface area (Å²) in [7, 11) is 0. The molecule has 2 aromatic rings. The van der Waals surface area contributed by atoms with Crippen molar-refractivity contribution in [1.82, 2.24) is 0 Å². The van der Waals surface area contributed by atoms with Gasteiger partial charge in [0, 0.05) is 13.2 Å². The zero-order valence-corrected chi connectivity index (χ0v) is 14.0. The fourth-order valence-corrected chi connectivity index (χ4v) is 2.47. The van der Waals surface area contributed by atoms with E-state index in [2.05, 4.69) is 48.5 Å². The molecule has 2 aromatic carbocycles. The molecule has 2 nitrogen and oxygen atoms in total. The van der Waals surface area contributed by atoms with Gasteiger partial charge < -0.3 is 9.47 Å². The molecule has 0 spiro atoms. The number of rotatable bonds is 12. The zero-order valence-electron chi connectivity index (χ0n) is 14.0. The Morgan fingerprint density at radius 2 is 0.870 bits per heavy atom. The minimum absolute atomic E-state index is 0.730. The van der Waals surface area contributed by atoms with E-state index in [9.17, 15) is 0 Å². The van der Waals surface area contributed by atoms with Crippen LogP contribution in [0.5, 0.6) is 0 Å². The highest BCUT2D eigenvalue weighted by molar-refractivity contribution is 5.14. The largest absolute Gasteiger partial charge is 0.377 e. The van der Waals surface area contributed by atoms with Gasteiger partial charge in [0.1, 0.15) is 0 Å². The first kappa shape index (κ1) is 17.7. The van der Waals surface area contributed by atoms with Gasteiger partial charge in [0.05, 0.1) is 13.2 Å². The van der Waals surface area contributed by atoms with E-state index in [0.29, 0.717) is 0 Å². The molecule has 0 unspecified atom stereocenters. The minimum atomic E-state index is 0.730. The van der Waals surface area contributed by atoms with E-state index in [-0.39, 0.29) is 0 Å². The fourth-order valence-electron chi connectivity index (χ4n) is 2.47. The van der Waals surface area contributed by atoms with Crippen LogP contribution in [0.4, 0.5) is 0 Å². The molecule has 0 amide bonds. The van der Waals surface area contributed by atoms with Crippen LogP contribution in [0.2, 0.25) is 0 Å². The van der Waals surface area contributed by atoms with Crippen LogP contribution in [0.15, 0.2) is 60.7 Å². The summed E-state index contributed by atoms with van der Waals surface area (Å²) in [4.78, 5) is 0. The molecule has 2 heteroatoms. The summed E-state index contributed by atoms with van der Waals surface area (Å²) in [6.45, 7) is 3.18. The average Bonchev–Trinajstić information content (AvgIpc) is 2.61. The van der Waals surface area contributed by atoms with Gasteiger partial charge in [0.15, 0.2) is 0 Å². The third-order valence-corrected chi connectivity index (χ3v) is 3.80. The maximum atomic E-state index is 5.69. The molecule has 0 bridgehead atoms. The summed E-state index contributed by atoms with van der Waals surface area (Å²) < 4.78 is 11.4. The molecule has 0 aliphatic carbocycles. The maximum Gasteiger partial charge on any atom is 0.0716 e. The Bertz CT molecular complexity index is 448. The Labute approximate surface area is 140 Å². The van der Waals surface area contributed by atoms with Gasteiger partial charge in [-0.05, 0) is 24.0 Å². The molecule has 0 fully saturated rings. The second-order valence-electron chi connectivity index (χ2n) is 5.84. The molecular weight excluding hydrogens is 284 g/mol. The molecule has 0 radical (unpaired) electrons. The second kappa shape index (κ2) is 11.9. The topological polar surface area (TPSA) is 18.5 Å². The Morgan fingerprint density at radius 1 is 0.478 bits per heavy atom. The summed E-state index contributed by atoms with van der Waals surface area (Å²) in [6, 6.07) is 20.7. The first-order chi connectivity index (χ1) is 11.4. The predicted octanol–water partition coefficient (Wildman–Crippen LogP) is 5.37. The Kier molecular flexibility index (Phi) is 9.14. The Morgan fingerprint density at radius 3 is 1.30 bits per heavy atom. The third kappa shape index (κ3) is 8.53. The summed E-state index contributed by atoms with van der Waals surface area (Å²) in [6.07, 6.45) is 6.06. The van der Waals surface area contributed by atoms with Crippen molar-refractivity contribution in [2.45, 2.75) is 45.3 Å². The maximum absolute atomic E-state index is 5.69. The van der Waals surface area contributed by atoms with Crippen molar-refractivity contribution in [3.63, 3.8) is 0 Å². The molecule has 0 saturated heterocycles. The Balaban J connectivity index is 1.34. The van der Waals surface area contributed by atoms with E-state index in [1.54, 1.807) is 0 Å². The van der Waals surface area contributed by atoms with Gasteiger partial charge in [-0.15, -0.1) is 0 Å². The lowest BCUT2D eigenvalue weighted by atomic mass is 10.1. The fraction of sp³-hybridized carbons (Fsp3) is 0.429. The molecule has 0 N–H and O–H groups in total. The molecule has 124 valence electrons. The normalized spacial score (nSPS) is 10.8. The number of ether oxygens (including phenoxy) is 2. The number of hydrogen-bond donors (Lipinski definition) is 0. The molecule has 0 aromatic heterocycles. The second-order valence-corrected chi connectivity index (χ2v) is 5.84. The van der Waals surface area contributed by atoms with Crippen LogP contribution in [-0.2, 0) is 22.7 Å². The van der Waals surface area contributed by atoms with Gasteiger partial charge in [-0.1, -0.05) is 79.9 Å². The molecule has 0 atom stereocenters. The lowest BCUT2D eigenvalue weighted by Gasteiger charge is -2.06. The molecule has 0 aliphatic rings. The van der Waals surface area contributed by atoms with Crippen molar-refractivity contribution in [3.8, 4) is 0 Å². The van der Waals surface area contributed by atoms with Crippen LogP contribution in [0.25, 0.3) is 0 Å². The quantitative estimate of drug-likeness (QED) is 0.490. The van der Waals surface area contributed by atoms with Crippen molar-refractivity contribution in [3.05, 3.63) is 71.8 Å². The zero-order chi connectivity index (χ0) is 16.0. The summed E-state index contributed by atoms with van der Waals surface area (Å²) in [5, 5.41) is 0. The highest BCUT2D eigenvalue weighted by Gasteiger charge is 1.95. The van der Waals surface area contributed by atoms with E-state index in [1.807, 2.05) is 12.1 Å². The van der Waals surface area contributed by atoms with Gasteiger partial charge >= 0.3 is 0 Å². The summed E-state index contributed by atoms with van der Waals surface area (Å²) in [5.41, 5.74) is 2.51. The van der Waals surface area contributed by atoms with Crippen LogP contribution < -0.4 is 0 Å². The average molecular weight is 312 g/mol. The molecule has 2 rings (SSSR count). The molecule has 0 heterocycles. The van der Waals surface area contributed by atoms with Crippen molar-refractivity contribution >= 4 is 0 Å². The van der Waals surface area contributed by atoms with Crippen LogP contribution in [0.1, 0.15) is 43.2 Å². The van der Waals surface area contributed by atoms with E-state index < -0.39 is 0 Å². The van der Waals surface area contributed by atoms with E-state index in [0.717, 1.165) is 39.3 Å². The lowest BCUT2D eigenvalue weighted by Crippen LogP contribution is -1.97. The predicted molar refractivity (Wildman–Crippen MR) is 95.3 cm³/mol. The Hall–Kier alpha value is -1.64. The first-order valence-electron chi connectivity index (χ1n) is 8.68. The summed E-state index contributed by atoms with van der Waals surface area (Å²) >= 11 is 0. The smallest absolute Gasteiger partial charge is 0.0716 e. The van der Waals surface area contributed by atoms with Crippen LogP contribution in [0, 0.1) is 0 Å². The summed E-state index contributed by atoms with van der Waals surface area (Å²) in [5.74, 6) is 0. The van der Waals surface area contributed by atoms with Gasteiger partial charge in [-0.3, -0.25) is 0 Å². The van der Waals surface area contributed by atoms with E-state index in [4.69, 9.17) is 9.47 Å². The van der Waals surface area contributed by atoms with Crippen LogP contribution >= 0.6 is 0 Å². The highest BCUT2D eigenvalue weighted by atomic mass is 16.5. The van der Waals surface area contributed by atoms with Gasteiger partial charge in [0.25, 0.3) is 0 Å². The van der Waals surface area contributed by atoms with Crippen LogP contribution in [0.3, 0.4) is 0 Å². The van der Waals surface area contributed by atoms with Crippen molar-refractivity contribution < 1.29 is 9.47 Å². The standard InChI is InChI=1S/C21H28O2/c1(2-10-16-22-18-20-12-6-4-7-13-20)3-11-17-23-19-21-14-8-5-9-15-21/h4-9,12-15H,1-3,10-11,16-19H2. The number of unbranched alkanes of at least 4 members (excludes halogenated alkanes) is 4. The van der Waals surface area contributed by atoms with Crippen molar-refractivity contribution in [2.75, 3.05) is 13.2 Å². The van der Waals surface area contributed by atoms with Gasteiger partial charge in [0.2, 0.25) is 0 Å². The van der Waals surface area contributed by atoms with E-state index in [1.165, 1.54) is 30.4 Å². The molecule has 0 saturated carbocycles. The SMILES string of the molecule is c1ccc(COCCCCCCCOCc2ccccc2)cc1. The number of benzene rings is 2. The van der Waals surface area contributed by atoms with Crippen molar-refractivity contribution in [1.29, 1.82) is 0 Å². The highest BCUT2D eigenvalue weighted by Crippen LogP contribution is 2.07. The minimum Gasteiger partial charge on any atom is -0.377 e. The van der Waals surface area contributed by atoms with E-state index >= 15 is 0 Å². The molecule has 0 aliphatic heterocycles. The monoisotopic (exact) mass is 312 g/mol. The first-order valence-corrected chi connectivity index (χ1v) is 8.68. The lowest BCUT2D eigenvalue weighted by molar-refractivity contribution is 0.112. The van der Waals surface area contributed by atoms with Crippen LogP contribution in [-0.4, -0.2) is 13.2 Å². The van der Waals surface area contributed by atoms with Gasteiger partial charge in [-0.25, -0.2) is 0 Å². The van der Waals surface area contributed by atoms with Crippen molar-refractivity contribution in [2.24, 2.45) is 0 Å². The van der Waals surface area contributed by atoms with Gasteiger partial charge in [-0.2, -0.15) is 0 Å². The third-order valence-electron chi connectivity index (χ3n) is 3.80.